The summed E-state index contributed by atoms with van der Waals surface area (Å²) >= 11 is 0. The van der Waals surface area contributed by atoms with Gasteiger partial charge in [0.15, 0.2) is 17.4 Å². The predicted octanol–water partition coefficient (Wildman–Crippen LogP) is 1.24. The number of carbonyl (C=O) groups excluding carboxylic acids is 2. The van der Waals surface area contributed by atoms with Crippen molar-refractivity contribution >= 4 is 23.4 Å². The van der Waals surface area contributed by atoms with Crippen LogP contribution in [0.3, 0.4) is 0 Å². The molecule has 0 unspecified atom stereocenters. The standard InChI is InChI=1S/C23H28N6O5/c1-3-27(14-21(30)26-17-4-5-19-20(12-17)33-11-10-32-19)15-22(31)28-6-8-29(9-7-28)23-18(13-24)25-16(2)34-23/h4-5,12H,3,6-11,14-15H2,1-2H3,(H,26,30). The van der Waals surface area contributed by atoms with E-state index in [4.69, 9.17) is 13.9 Å². The molecule has 1 aromatic carbocycles. The normalized spacial score (nSPS) is 15.2. The molecule has 11 nitrogen and oxygen atoms in total. The van der Waals surface area contributed by atoms with E-state index in [1.165, 1.54) is 0 Å². The number of hydrogen-bond acceptors (Lipinski definition) is 9. The van der Waals surface area contributed by atoms with Gasteiger partial charge in [-0.05, 0) is 18.7 Å². The van der Waals surface area contributed by atoms with Gasteiger partial charge in [0, 0.05) is 44.9 Å². The zero-order valence-corrected chi connectivity index (χ0v) is 19.4. The molecule has 2 aromatic rings. The van der Waals surface area contributed by atoms with Gasteiger partial charge in [0.25, 0.3) is 0 Å². The van der Waals surface area contributed by atoms with E-state index in [2.05, 4.69) is 10.3 Å². The first-order valence-corrected chi connectivity index (χ1v) is 11.3. The number of ether oxygens (including phenoxy) is 2. The molecule has 0 spiro atoms. The van der Waals surface area contributed by atoms with Crippen LogP contribution in [0.4, 0.5) is 11.6 Å². The molecule has 11 heteroatoms. The number of amides is 2. The number of hydrogen-bond donors (Lipinski definition) is 1. The number of benzene rings is 1. The monoisotopic (exact) mass is 468 g/mol. The van der Waals surface area contributed by atoms with Crippen LogP contribution in [-0.2, 0) is 9.59 Å². The van der Waals surface area contributed by atoms with Crippen molar-refractivity contribution in [3.8, 4) is 17.6 Å². The van der Waals surface area contributed by atoms with Crippen LogP contribution >= 0.6 is 0 Å². The molecule has 2 aliphatic heterocycles. The number of oxazole rings is 1. The van der Waals surface area contributed by atoms with Gasteiger partial charge in [0.05, 0.1) is 13.1 Å². The van der Waals surface area contributed by atoms with E-state index in [-0.39, 0.29) is 30.6 Å². The first-order valence-electron chi connectivity index (χ1n) is 11.3. The zero-order valence-electron chi connectivity index (χ0n) is 19.4. The molecule has 1 fully saturated rings. The minimum Gasteiger partial charge on any atom is -0.486 e. The van der Waals surface area contributed by atoms with Crippen molar-refractivity contribution in [1.82, 2.24) is 14.8 Å². The van der Waals surface area contributed by atoms with Gasteiger partial charge in [-0.15, -0.1) is 0 Å². The fourth-order valence-corrected chi connectivity index (χ4v) is 3.96. The molecule has 4 rings (SSSR count). The maximum Gasteiger partial charge on any atom is 0.238 e. The van der Waals surface area contributed by atoms with E-state index in [1.54, 1.807) is 34.9 Å². The number of carbonyl (C=O) groups is 2. The van der Waals surface area contributed by atoms with Crippen LogP contribution in [0.5, 0.6) is 11.5 Å². The van der Waals surface area contributed by atoms with Crippen molar-refractivity contribution in [2.75, 3.05) is 69.2 Å². The molecule has 2 aliphatic rings. The van der Waals surface area contributed by atoms with Gasteiger partial charge in [0.1, 0.15) is 19.3 Å². The fourth-order valence-electron chi connectivity index (χ4n) is 3.96. The first-order chi connectivity index (χ1) is 16.5. The molecule has 0 bridgehead atoms. The third-order valence-electron chi connectivity index (χ3n) is 5.74. The number of nitriles is 1. The summed E-state index contributed by atoms with van der Waals surface area (Å²) in [7, 11) is 0. The molecule has 0 radical (unpaired) electrons. The lowest BCUT2D eigenvalue weighted by atomic mass is 10.2. The summed E-state index contributed by atoms with van der Waals surface area (Å²) < 4.78 is 16.6. The molecule has 2 amide bonds. The molecule has 1 N–H and O–H groups in total. The number of fused-ring (bicyclic) bond motifs is 1. The van der Waals surface area contributed by atoms with E-state index >= 15 is 0 Å². The van der Waals surface area contributed by atoms with E-state index in [9.17, 15) is 14.9 Å². The third kappa shape index (κ3) is 5.40. The van der Waals surface area contributed by atoms with E-state index < -0.39 is 0 Å². The van der Waals surface area contributed by atoms with Crippen LogP contribution in [0.2, 0.25) is 0 Å². The lowest BCUT2D eigenvalue weighted by Crippen LogP contribution is -2.52. The van der Waals surface area contributed by atoms with Gasteiger partial charge >= 0.3 is 0 Å². The molecule has 0 atom stereocenters. The lowest BCUT2D eigenvalue weighted by molar-refractivity contribution is -0.133. The predicted molar refractivity (Wildman–Crippen MR) is 123 cm³/mol. The van der Waals surface area contributed by atoms with Gasteiger partial charge in [-0.3, -0.25) is 14.5 Å². The Labute approximate surface area is 197 Å². The van der Waals surface area contributed by atoms with Crippen molar-refractivity contribution < 1.29 is 23.5 Å². The Balaban J connectivity index is 1.26. The Morgan fingerprint density at radius 3 is 2.59 bits per heavy atom. The molecular formula is C23H28N6O5. The number of piperazine rings is 1. The van der Waals surface area contributed by atoms with Crippen LogP contribution in [0, 0.1) is 18.3 Å². The topological polar surface area (TPSA) is 124 Å². The van der Waals surface area contributed by atoms with Gasteiger partial charge < -0.3 is 29.0 Å². The summed E-state index contributed by atoms with van der Waals surface area (Å²) in [6, 6.07) is 7.32. The minimum atomic E-state index is -0.208. The SMILES string of the molecule is CCN(CC(=O)Nc1ccc2c(c1)OCCO2)CC(=O)N1CCN(c2oc(C)nc2C#N)CC1. The Bertz CT molecular complexity index is 1090. The molecule has 0 aliphatic carbocycles. The molecule has 1 aromatic heterocycles. The maximum absolute atomic E-state index is 12.9. The molecule has 34 heavy (non-hydrogen) atoms. The average Bonchev–Trinajstić information content (AvgIpc) is 3.24. The number of nitrogens with zero attached hydrogens (tertiary/aromatic N) is 5. The van der Waals surface area contributed by atoms with E-state index in [0.29, 0.717) is 74.9 Å². The maximum atomic E-state index is 12.9. The number of aromatic nitrogens is 1. The summed E-state index contributed by atoms with van der Waals surface area (Å²) in [6.45, 7) is 7.51. The second kappa shape index (κ2) is 10.4. The Morgan fingerprint density at radius 2 is 1.88 bits per heavy atom. The summed E-state index contributed by atoms with van der Waals surface area (Å²) in [5, 5.41) is 12.1. The quantitative estimate of drug-likeness (QED) is 0.639. The number of likely N-dealkylation sites (N-methyl/N-ethyl adjacent to an activating group) is 1. The lowest BCUT2D eigenvalue weighted by Gasteiger charge is -2.35. The van der Waals surface area contributed by atoms with Crippen LogP contribution < -0.4 is 19.7 Å². The molecular weight excluding hydrogens is 440 g/mol. The first kappa shape index (κ1) is 23.4. The van der Waals surface area contributed by atoms with E-state index in [0.717, 1.165) is 0 Å². The minimum absolute atomic E-state index is 0.0390. The van der Waals surface area contributed by atoms with E-state index in [1.807, 2.05) is 17.9 Å². The molecule has 3 heterocycles. The molecule has 180 valence electrons. The van der Waals surface area contributed by atoms with Crippen LogP contribution in [0.1, 0.15) is 18.5 Å². The summed E-state index contributed by atoms with van der Waals surface area (Å²) in [4.78, 5) is 35.0. The largest absolute Gasteiger partial charge is 0.486 e. The van der Waals surface area contributed by atoms with Gasteiger partial charge in [-0.25, -0.2) is 4.98 Å². The van der Waals surface area contributed by atoms with Gasteiger partial charge in [-0.2, -0.15) is 5.26 Å². The van der Waals surface area contributed by atoms with Gasteiger partial charge in [-0.1, -0.05) is 6.92 Å². The Morgan fingerprint density at radius 1 is 1.15 bits per heavy atom. The molecule has 0 saturated carbocycles. The summed E-state index contributed by atoms with van der Waals surface area (Å²) in [5.41, 5.74) is 0.880. The van der Waals surface area contributed by atoms with Crippen molar-refractivity contribution in [2.24, 2.45) is 0 Å². The van der Waals surface area contributed by atoms with Crippen molar-refractivity contribution in [3.63, 3.8) is 0 Å². The fraction of sp³-hybridized carbons (Fsp3) is 0.478. The van der Waals surface area contributed by atoms with Crippen molar-refractivity contribution in [1.29, 1.82) is 5.26 Å². The highest BCUT2D eigenvalue weighted by Crippen LogP contribution is 2.32. The summed E-state index contributed by atoms with van der Waals surface area (Å²) in [5.74, 6) is 1.92. The second-order valence-corrected chi connectivity index (χ2v) is 8.08. The Hall–Kier alpha value is -3.78. The average molecular weight is 469 g/mol. The van der Waals surface area contributed by atoms with Gasteiger partial charge in [0.2, 0.25) is 23.4 Å². The highest BCUT2D eigenvalue weighted by molar-refractivity contribution is 5.93. The summed E-state index contributed by atoms with van der Waals surface area (Å²) in [6.07, 6.45) is 0. The van der Waals surface area contributed by atoms with Crippen molar-refractivity contribution in [2.45, 2.75) is 13.8 Å². The number of nitrogens with one attached hydrogen (secondary N) is 1. The number of aryl methyl sites for hydroxylation is 1. The number of anilines is 2. The zero-order chi connectivity index (χ0) is 24.1. The van der Waals surface area contributed by atoms with Crippen LogP contribution in [-0.4, -0.2) is 85.6 Å². The third-order valence-corrected chi connectivity index (χ3v) is 5.74. The second-order valence-electron chi connectivity index (χ2n) is 8.08. The number of rotatable bonds is 7. The highest BCUT2D eigenvalue weighted by Gasteiger charge is 2.27. The van der Waals surface area contributed by atoms with Crippen LogP contribution in [0.25, 0.3) is 0 Å². The molecule has 1 saturated heterocycles. The van der Waals surface area contributed by atoms with Crippen molar-refractivity contribution in [3.05, 3.63) is 29.8 Å². The smallest absolute Gasteiger partial charge is 0.238 e. The highest BCUT2D eigenvalue weighted by atomic mass is 16.6. The Kier molecular flexibility index (Phi) is 7.18. The van der Waals surface area contributed by atoms with Crippen LogP contribution in [0.15, 0.2) is 22.6 Å².